The summed E-state index contributed by atoms with van der Waals surface area (Å²) in [6.07, 6.45) is 2.17. The molecule has 2 N–H and O–H groups in total. The van der Waals surface area contributed by atoms with Gasteiger partial charge in [0.1, 0.15) is 0 Å². The first-order valence-electron chi connectivity index (χ1n) is 8.51. The van der Waals surface area contributed by atoms with Gasteiger partial charge in [0.2, 0.25) is 5.91 Å². The fourth-order valence-electron chi connectivity index (χ4n) is 3.42. The summed E-state index contributed by atoms with van der Waals surface area (Å²) in [5.74, 6) is 0.291. The fraction of sp³-hybridized carbons (Fsp3) is 0.389. The second-order valence-electron chi connectivity index (χ2n) is 6.56. The minimum Gasteiger partial charge on any atom is -0.342 e. The maximum absolute atomic E-state index is 12.7. The first kappa shape index (κ1) is 16.1. The van der Waals surface area contributed by atoms with E-state index in [0.29, 0.717) is 12.1 Å². The number of carbonyl (C=O) groups excluding carboxylic acids is 1. The molecule has 1 fully saturated rings. The van der Waals surface area contributed by atoms with Crippen molar-refractivity contribution in [1.82, 2.24) is 20.1 Å². The predicted octanol–water partition coefficient (Wildman–Crippen LogP) is 2.57. The van der Waals surface area contributed by atoms with Crippen molar-refractivity contribution >= 4 is 27.5 Å². The molecular formula is C18H20N4O2S. The van der Waals surface area contributed by atoms with Crippen molar-refractivity contribution in [3.8, 4) is 0 Å². The van der Waals surface area contributed by atoms with Crippen LogP contribution in [0.25, 0.3) is 10.2 Å². The van der Waals surface area contributed by atoms with Gasteiger partial charge in [-0.05, 0) is 31.9 Å². The van der Waals surface area contributed by atoms with Gasteiger partial charge < -0.3 is 10.00 Å². The molecule has 0 spiro atoms. The number of H-pyrrole nitrogens is 2. The van der Waals surface area contributed by atoms with E-state index < -0.39 is 0 Å². The molecule has 6 nitrogen and oxygen atoms in total. The van der Waals surface area contributed by atoms with E-state index in [1.54, 1.807) is 18.3 Å². The Morgan fingerprint density at radius 1 is 1.36 bits per heavy atom. The topological polar surface area (TPSA) is 81.8 Å². The molecule has 1 aliphatic heterocycles. The Balaban J connectivity index is 1.50. The summed E-state index contributed by atoms with van der Waals surface area (Å²) in [6, 6.07) is 8.14. The number of rotatable bonds is 3. The highest BCUT2D eigenvalue weighted by atomic mass is 32.1. The predicted molar refractivity (Wildman–Crippen MR) is 98.0 cm³/mol. The number of aryl methyl sites for hydroxylation is 1. The van der Waals surface area contributed by atoms with Crippen LogP contribution in [0.4, 0.5) is 0 Å². The fourth-order valence-corrected chi connectivity index (χ4v) is 4.51. The Labute approximate surface area is 148 Å². The van der Waals surface area contributed by atoms with Crippen LogP contribution in [0.3, 0.4) is 0 Å². The number of para-hydroxylation sites is 1. The lowest BCUT2D eigenvalue weighted by Gasteiger charge is -2.31. The molecule has 0 radical (unpaired) electrons. The maximum atomic E-state index is 12.7. The molecule has 0 aliphatic carbocycles. The number of thiazole rings is 1. The Bertz CT molecular complexity index is 938. The number of piperidine rings is 1. The number of hydrogen-bond donors (Lipinski definition) is 2. The van der Waals surface area contributed by atoms with E-state index in [1.807, 2.05) is 23.1 Å². The highest BCUT2D eigenvalue weighted by Gasteiger charge is 2.27. The maximum Gasteiger partial charge on any atom is 0.267 e. The quantitative estimate of drug-likeness (QED) is 0.757. The average Bonchev–Trinajstić information content (AvgIpc) is 3.20. The van der Waals surface area contributed by atoms with Crippen molar-refractivity contribution in [2.24, 2.45) is 0 Å². The number of nitrogens with one attached hydrogen (secondary N) is 2. The zero-order valence-corrected chi connectivity index (χ0v) is 14.9. The lowest BCUT2D eigenvalue weighted by molar-refractivity contribution is -0.131. The number of nitrogens with zero attached hydrogens (tertiary/aromatic N) is 2. The smallest absolute Gasteiger partial charge is 0.267 e. The lowest BCUT2D eigenvalue weighted by Crippen LogP contribution is -2.40. The Morgan fingerprint density at radius 3 is 2.96 bits per heavy atom. The minimum absolute atomic E-state index is 0.0130. The number of carbonyl (C=O) groups is 1. The summed E-state index contributed by atoms with van der Waals surface area (Å²) in [6.45, 7) is 3.24. The lowest BCUT2D eigenvalue weighted by atomic mass is 9.98. The minimum atomic E-state index is -0.203. The van der Waals surface area contributed by atoms with Crippen LogP contribution >= 0.6 is 11.3 Å². The highest BCUT2D eigenvalue weighted by molar-refractivity contribution is 7.18. The van der Waals surface area contributed by atoms with Crippen LogP contribution in [-0.2, 0) is 11.2 Å². The third kappa shape index (κ3) is 3.11. The molecule has 3 heterocycles. The van der Waals surface area contributed by atoms with Gasteiger partial charge in [0.25, 0.3) is 5.56 Å². The van der Waals surface area contributed by atoms with Gasteiger partial charge in [-0.2, -0.15) is 0 Å². The molecule has 7 heteroatoms. The molecule has 0 bridgehead atoms. The van der Waals surface area contributed by atoms with Crippen LogP contribution in [0.15, 0.2) is 29.1 Å². The van der Waals surface area contributed by atoms with E-state index in [-0.39, 0.29) is 23.8 Å². The van der Waals surface area contributed by atoms with Gasteiger partial charge in [0.15, 0.2) is 0 Å². The molecular weight excluding hydrogens is 336 g/mol. The third-order valence-corrected chi connectivity index (χ3v) is 6.05. The molecule has 25 heavy (non-hydrogen) atoms. The summed E-state index contributed by atoms with van der Waals surface area (Å²) in [5.41, 5.74) is 2.09. The van der Waals surface area contributed by atoms with Gasteiger partial charge in [-0.25, -0.2) is 4.98 Å². The number of hydrogen-bond acceptors (Lipinski definition) is 4. The van der Waals surface area contributed by atoms with E-state index in [2.05, 4.69) is 16.3 Å². The second kappa shape index (κ2) is 6.48. The van der Waals surface area contributed by atoms with Gasteiger partial charge >= 0.3 is 0 Å². The Kier molecular flexibility index (Phi) is 4.17. The van der Waals surface area contributed by atoms with Crippen molar-refractivity contribution in [2.75, 3.05) is 13.1 Å². The van der Waals surface area contributed by atoms with Crippen LogP contribution in [0.2, 0.25) is 0 Å². The number of amides is 1. The normalized spacial score (nSPS) is 18.0. The van der Waals surface area contributed by atoms with Gasteiger partial charge in [-0.15, -0.1) is 11.3 Å². The van der Waals surface area contributed by atoms with E-state index >= 15 is 0 Å². The highest BCUT2D eigenvalue weighted by Crippen LogP contribution is 2.33. The van der Waals surface area contributed by atoms with Gasteiger partial charge in [0, 0.05) is 30.3 Å². The first-order chi connectivity index (χ1) is 12.1. The van der Waals surface area contributed by atoms with Crippen molar-refractivity contribution in [3.05, 3.63) is 50.9 Å². The van der Waals surface area contributed by atoms with Crippen molar-refractivity contribution < 1.29 is 4.79 Å². The summed E-state index contributed by atoms with van der Waals surface area (Å²) >= 11 is 1.72. The number of aromatic nitrogens is 3. The molecule has 2 aromatic heterocycles. The van der Waals surface area contributed by atoms with Gasteiger partial charge in [-0.3, -0.25) is 14.7 Å². The average molecular weight is 356 g/mol. The SMILES string of the molecule is Cc1[nH][nH]c(=O)c1CC(=O)N1CCC[C@@H](c2nc3ccccc3s2)C1. The van der Waals surface area contributed by atoms with Crippen molar-refractivity contribution in [3.63, 3.8) is 0 Å². The van der Waals surface area contributed by atoms with Crippen molar-refractivity contribution in [2.45, 2.75) is 32.1 Å². The second-order valence-corrected chi connectivity index (χ2v) is 7.62. The largest absolute Gasteiger partial charge is 0.342 e. The van der Waals surface area contributed by atoms with E-state index in [1.165, 1.54) is 4.70 Å². The van der Waals surface area contributed by atoms with E-state index in [0.717, 1.165) is 35.6 Å². The van der Waals surface area contributed by atoms with Gasteiger partial charge in [-0.1, -0.05) is 12.1 Å². The zero-order valence-electron chi connectivity index (χ0n) is 14.0. The zero-order chi connectivity index (χ0) is 17.4. The molecule has 1 aromatic carbocycles. The number of benzene rings is 1. The van der Waals surface area contributed by atoms with Crippen LogP contribution in [0, 0.1) is 6.92 Å². The Morgan fingerprint density at radius 2 is 2.20 bits per heavy atom. The number of likely N-dealkylation sites (tertiary alicyclic amines) is 1. The number of aromatic amines is 2. The first-order valence-corrected chi connectivity index (χ1v) is 9.33. The molecule has 1 amide bonds. The summed E-state index contributed by atoms with van der Waals surface area (Å²) in [4.78, 5) is 31.1. The summed E-state index contributed by atoms with van der Waals surface area (Å²) < 4.78 is 1.19. The third-order valence-electron chi connectivity index (χ3n) is 4.85. The Hall–Kier alpha value is -2.41. The molecule has 130 valence electrons. The standard InChI is InChI=1S/C18H20N4O2S/c1-11-13(17(24)21-20-11)9-16(23)22-8-4-5-12(10-22)18-19-14-6-2-3-7-15(14)25-18/h2-3,6-7,12H,4-5,8-10H2,1H3,(H2,20,21,24)/t12-/m1/s1. The van der Waals surface area contributed by atoms with E-state index in [9.17, 15) is 9.59 Å². The summed E-state index contributed by atoms with van der Waals surface area (Å²) in [5, 5.41) is 6.42. The molecule has 0 saturated carbocycles. The van der Waals surface area contributed by atoms with Crippen LogP contribution < -0.4 is 5.56 Å². The molecule has 3 aromatic rings. The molecule has 0 unspecified atom stereocenters. The molecule has 1 aliphatic rings. The molecule has 1 atom stereocenters. The summed E-state index contributed by atoms with van der Waals surface area (Å²) in [7, 11) is 0. The monoisotopic (exact) mass is 356 g/mol. The molecule has 4 rings (SSSR count). The van der Waals surface area contributed by atoms with Crippen LogP contribution in [0.1, 0.15) is 35.0 Å². The molecule has 1 saturated heterocycles. The van der Waals surface area contributed by atoms with Crippen molar-refractivity contribution in [1.29, 1.82) is 0 Å². The van der Waals surface area contributed by atoms with Crippen LogP contribution in [0.5, 0.6) is 0 Å². The van der Waals surface area contributed by atoms with E-state index in [4.69, 9.17) is 4.98 Å². The van der Waals surface area contributed by atoms with Gasteiger partial charge in [0.05, 0.1) is 21.6 Å². The van der Waals surface area contributed by atoms with Crippen LogP contribution in [-0.4, -0.2) is 39.1 Å². The number of fused-ring (bicyclic) bond motifs is 1.